The first-order valence-electron chi connectivity index (χ1n) is 9.05. The third kappa shape index (κ3) is 6.88. The average molecular weight is 394 g/mol. The Morgan fingerprint density at radius 3 is 2.11 bits per heavy atom. The van der Waals surface area contributed by atoms with E-state index < -0.39 is 11.7 Å². The van der Waals surface area contributed by atoms with E-state index in [0.717, 1.165) is 17.7 Å². The van der Waals surface area contributed by atoms with Gasteiger partial charge in [0.05, 0.1) is 11.6 Å². The van der Waals surface area contributed by atoms with Crippen LogP contribution in [0.1, 0.15) is 37.0 Å². The molecule has 0 spiro atoms. The fraction of sp³-hybridized carbons (Fsp3) is 0.381. The molecule has 0 aromatic heterocycles. The third-order valence-electron chi connectivity index (χ3n) is 4.21. The Kier molecular flexibility index (Phi) is 7.45. The highest BCUT2D eigenvalue weighted by molar-refractivity contribution is 5.79. The Hall–Kier alpha value is -2.54. The minimum atomic E-state index is -4.34. The number of amides is 1. The monoisotopic (exact) mass is 394 g/mol. The predicted octanol–water partition coefficient (Wildman–Crippen LogP) is 4.27. The average Bonchev–Trinajstić information content (AvgIpc) is 2.63. The highest BCUT2D eigenvalue weighted by atomic mass is 19.4. The van der Waals surface area contributed by atoms with Gasteiger partial charge in [-0.15, -0.1) is 0 Å². The summed E-state index contributed by atoms with van der Waals surface area (Å²) in [5.74, 6) is 0.591. The van der Waals surface area contributed by atoms with Crippen molar-refractivity contribution < 1.29 is 22.7 Å². The molecule has 152 valence electrons. The van der Waals surface area contributed by atoms with Crippen LogP contribution in [0, 0.1) is 5.92 Å². The molecule has 28 heavy (non-hydrogen) atoms. The quantitative estimate of drug-likeness (QED) is 0.667. The lowest BCUT2D eigenvalue weighted by Crippen LogP contribution is -2.41. The van der Waals surface area contributed by atoms with Crippen molar-refractivity contribution in [1.29, 1.82) is 0 Å². The van der Waals surface area contributed by atoms with Crippen LogP contribution in [0.15, 0.2) is 48.5 Å². The van der Waals surface area contributed by atoms with E-state index in [1.165, 1.54) is 12.1 Å². The number of carbonyl (C=O) groups is 1. The Bertz CT molecular complexity index is 757. The van der Waals surface area contributed by atoms with Gasteiger partial charge in [0, 0.05) is 6.54 Å². The molecule has 0 heterocycles. The van der Waals surface area contributed by atoms with Crippen LogP contribution in [-0.2, 0) is 24.1 Å². The fourth-order valence-electron chi connectivity index (χ4n) is 2.67. The number of carbonyl (C=O) groups excluding carboxylic acids is 1. The molecule has 0 aliphatic heterocycles. The van der Waals surface area contributed by atoms with E-state index in [4.69, 9.17) is 10.5 Å². The molecule has 0 saturated heterocycles. The maximum Gasteiger partial charge on any atom is 0.416 e. The lowest BCUT2D eigenvalue weighted by atomic mass is 10.0. The van der Waals surface area contributed by atoms with Crippen LogP contribution < -0.4 is 15.8 Å². The van der Waals surface area contributed by atoms with Crippen LogP contribution in [-0.4, -0.2) is 11.9 Å². The maximum absolute atomic E-state index is 12.6. The summed E-state index contributed by atoms with van der Waals surface area (Å²) in [7, 11) is 0. The Morgan fingerprint density at radius 1 is 1.04 bits per heavy atom. The molecule has 2 aromatic carbocycles. The van der Waals surface area contributed by atoms with Crippen LogP contribution in [0.5, 0.6) is 5.75 Å². The van der Waals surface area contributed by atoms with Crippen molar-refractivity contribution in [2.75, 3.05) is 0 Å². The van der Waals surface area contributed by atoms with E-state index >= 15 is 0 Å². The number of alkyl halides is 3. The molecule has 2 aromatic rings. The standard InChI is InChI=1S/C21H25F3N2O2/c1-14(2)11-19(20(25)27)26-12-15-5-9-18(10-6-15)28-13-16-3-7-17(8-4-16)21(22,23)24/h3-10,14,19,26H,11-13H2,1-2H3,(H2,25,27). The van der Waals surface area contributed by atoms with Crippen LogP contribution in [0.2, 0.25) is 0 Å². The van der Waals surface area contributed by atoms with E-state index in [-0.39, 0.29) is 18.6 Å². The van der Waals surface area contributed by atoms with Crippen LogP contribution in [0.4, 0.5) is 13.2 Å². The first-order chi connectivity index (χ1) is 13.1. The van der Waals surface area contributed by atoms with Gasteiger partial charge in [0.15, 0.2) is 0 Å². The van der Waals surface area contributed by atoms with Gasteiger partial charge in [-0.1, -0.05) is 38.1 Å². The number of benzene rings is 2. The van der Waals surface area contributed by atoms with Gasteiger partial charge in [-0.3, -0.25) is 4.79 Å². The first-order valence-corrected chi connectivity index (χ1v) is 9.05. The molecule has 0 fully saturated rings. The van der Waals surface area contributed by atoms with Crippen molar-refractivity contribution in [3.63, 3.8) is 0 Å². The molecule has 4 nitrogen and oxygen atoms in total. The second-order valence-corrected chi connectivity index (χ2v) is 7.09. The maximum atomic E-state index is 12.6. The second kappa shape index (κ2) is 9.59. The fourth-order valence-corrected chi connectivity index (χ4v) is 2.67. The summed E-state index contributed by atoms with van der Waals surface area (Å²) in [5, 5.41) is 3.15. The number of primary amides is 1. The summed E-state index contributed by atoms with van der Waals surface area (Å²) in [4.78, 5) is 11.5. The number of nitrogens with one attached hydrogen (secondary N) is 1. The predicted molar refractivity (Wildman–Crippen MR) is 101 cm³/mol. The van der Waals surface area contributed by atoms with E-state index in [1.807, 2.05) is 26.0 Å². The molecule has 0 saturated carbocycles. The highest BCUT2D eigenvalue weighted by Crippen LogP contribution is 2.29. The van der Waals surface area contributed by atoms with Crippen molar-refractivity contribution in [2.24, 2.45) is 11.7 Å². The molecule has 1 unspecified atom stereocenters. The number of hydrogen-bond donors (Lipinski definition) is 2. The minimum Gasteiger partial charge on any atom is -0.489 e. The summed E-state index contributed by atoms with van der Waals surface area (Å²) in [6.45, 7) is 4.73. The van der Waals surface area contributed by atoms with Crippen molar-refractivity contribution in [2.45, 2.75) is 45.6 Å². The topological polar surface area (TPSA) is 64.3 Å². The summed E-state index contributed by atoms with van der Waals surface area (Å²) in [6, 6.07) is 11.8. The van der Waals surface area contributed by atoms with Crippen molar-refractivity contribution in [3.8, 4) is 5.75 Å². The number of hydrogen-bond acceptors (Lipinski definition) is 3. The zero-order valence-corrected chi connectivity index (χ0v) is 15.9. The first kappa shape index (κ1) is 21.8. The van der Waals surface area contributed by atoms with E-state index in [0.29, 0.717) is 30.2 Å². The van der Waals surface area contributed by atoms with Crippen molar-refractivity contribution >= 4 is 5.91 Å². The largest absolute Gasteiger partial charge is 0.489 e. The molecule has 7 heteroatoms. The van der Waals surface area contributed by atoms with E-state index in [1.54, 1.807) is 12.1 Å². The van der Waals surface area contributed by atoms with Gasteiger partial charge in [-0.25, -0.2) is 0 Å². The molecular formula is C21H25F3N2O2. The molecule has 3 N–H and O–H groups in total. The van der Waals surface area contributed by atoms with Gasteiger partial charge in [0.2, 0.25) is 5.91 Å². The van der Waals surface area contributed by atoms with E-state index in [2.05, 4.69) is 5.32 Å². The van der Waals surface area contributed by atoms with Crippen LogP contribution in [0.3, 0.4) is 0 Å². The number of ether oxygens (including phenoxy) is 1. The highest BCUT2D eigenvalue weighted by Gasteiger charge is 2.29. The van der Waals surface area contributed by atoms with Gasteiger partial charge in [0.1, 0.15) is 12.4 Å². The van der Waals surface area contributed by atoms with Crippen molar-refractivity contribution in [1.82, 2.24) is 5.32 Å². The number of nitrogens with two attached hydrogens (primary N) is 1. The number of rotatable bonds is 9. The van der Waals surface area contributed by atoms with Crippen LogP contribution >= 0.6 is 0 Å². The SMILES string of the molecule is CC(C)CC(NCc1ccc(OCc2ccc(C(F)(F)F)cc2)cc1)C(N)=O. The smallest absolute Gasteiger partial charge is 0.416 e. The molecule has 1 amide bonds. The van der Waals surface area contributed by atoms with Gasteiger partial charge in [-0.2, -0.15) is 13.2 Å². The van der Waals surface area contributed by atoms with Gasteiger partial charge in [-0.05, 0) is 47.7 Å². The lowest BCUT2D eigenvalue weighted by molar-refractivity contribution is -0.137. The third-order valence-corrected chi connectivity index (χ3v) is 4.21. The zero-order chi connectivity index (χ0) is 20.7. The second-order valence-electron chi connectivity index (χ2n) is 7.09. The molecule has 0 aliphatic carbocycles. The zero-order valence-electron chi connectivity index (χ0n) is 15.9. The molecular weight excluding hydrogens is 369 g/mol. The molecule has 2 rings (SSSR count). The Balaban J connectivity index is 1.86. The lowest BCUT2D eigenvalue weighted by Gasteiger charge is -2.17. The summed E-state index contributed by atoms with van der Waals surface area (Å²) >= 11 is 0. The minimum absolute atomic E-state index is 0.174. The molecule has 0 aliphatic rings. The van der Waals surface area contributed by atoms with Gasteiger partial charge in [0.25, 0.3) is 0 Å². The van der Waals surface area contributed by atoms with Crippen molar-refractivity contribution in [3.05, 3.63) is 65.2 Å². The summed E-state index contributed by atoms with van der Waals surface area (Å²) in [5.41, 5.74) is 6.36. The van der Waals surface area contributed by atoms with E-state index in [9.17, 15) is 18.0 Å². The van der Waals surface area contributed by atoms with Gasteiger partial charge < -0.3 is 15.8 Å². The van der Waals surface area contributed by atoms with Crippen LogP contribution in [0.25, 0.3) is 0 Å². The molecule has 1 atom stereocenters. The Labute approximate surface area is 162 Å². The molecule has 0 radical (unpaired) electrons. The van der Waals surface area contributed by atoms with Gasteiger partial charge >= 0.3 is 6.18 Å². The molecule has 0 bridgehead atoms. The summed E-state index contributed by atoms with van der Waals surface area (Å²) < 4.78 is 43.3. The summed E-state index contributed by atoms with van der Waals surface area (Å²) in [6.07, 6.45) is -3.67. The Morgan fingerprint density at radius 2 is 1.61 bits per heavy atom. The number of halogens is 3. The normalized spacial score (nSPS) is 12.8.